The van der Waals surface area contributed by atoms with E-state index in [0.29, 0.717) is 23.8 Å². The van der Waals surface area contributed by atoms with Crippen LogP contribution in [0.2, 0.25) is 0 Å². The van der Waals surface area contributed by atoms with Crippen molar-refractivity contribution in [2.45, 2.75) is 39.7 Å². The summed E-state index contributed by atoms with van der Waals surface area (Å²) in [5, 5.41) is 2.86. The van der Waals surface area contributed by atoms with E-state index in [1.807, 2.05) is 19.1 Å². The van der Waals surface area contributed by atoms with Crippen molar-refractivity contribution >= 4 is 18.3 Å². The van der Waals surface area contributed by atoms with Gasteiger partial charge in [-0.2, -0.15) is 0 Å². The van der Waals surface area contributed by atoms with Gasteiger partial charge in [0.15, 0.2) is 0 Å². The second-order valence-corrected chi connectivity index (χ2v) is 5.96. The van der Waals surface area contributed by atoms with Crippen molar-refractivity contribution in [2.24, 2.45) is 5.73 Å². The van der Waals surface area contributed by atoms with Crippen LogP contribution in [0, 0.1) is 13.8 Å². The molecule has 3 N–H and O–H groups in total. The minimum atomic E-state index is -0.224. The van der Waals surface area contributed by atoms with Crippen LogP contribution in [0.15, 0.2) is 34.7 Å². The molecule has 126 valence electrons. The molecule has 4 nitrogen and oxygen atoms in total. The van der Waals surface area contributed by atoms with Crippen molar-refractivity contribution in [1.29, 1.82) is 0 Å². The maximum absolute atomic E-state index is 12.1. The molecule has 1 aromatic carbocycles. The molecule has 0 bridgehead atoms. The average Bonchev–Trinajstić information content (AvgIpc) is 2.83. The van der Waals surface area contributed by atoms with E-state index < -0.39 is 0 Å². The Morgan fingerprint density at radius 2 is 1.74 bits per heavy atom. The number of nitrogens with one attached hydrogen (secondary N) is 1. The number of nitrogens with two attached hydrogens (primary N) is 1. The topological polar surface area (TPSA) is 68.3 Å². The Hall–Kier alpha value is -1.78. The number of amides is 1. The summed E-state index contributed by atoms with van der Waals surface area (Å²) in [5.41, 5.74) is 9.02. The maximum atomic E-state index is 12.1. The van der Waals surface area contributed by atoms with Crippen LogP contribution in [0.3, 0.4) is 0 Å². The van der Waals surface area contributed by atoms with Gasteiger partial charge in [0, 0.05) is 12.6 Å². The van der Waals surface area contributed by atoms with Crippen LogP contribution < -0.4 is 11.1 Å². The van der Waals surface area contributed by atoms with E-state index in [1.54, 1.807) is 13.0 Å². The first-order chi connectivity index (χ1) is 10.4. The summed E-state index contributed by atoms with van der Waals surface area (Å²) < 4.78 is 5.37. The molecule has 5 heteroatoms. The van der Waals surface area contributed by atoms with Gasteiger partial charge in [-0.25, -0.2) is 0 Å². The van der Waals surface area contributed by atoms with Gasteiger partial charge in [-0.05, 0) is 37.0 Å². The van der Waals surface area contributed by atoms with E-state index in [1.165, 1.54) is 5.56 Å². The van der Waals surface area contributed by atoms with Gasteiger partial charge < -0.3 is 15.5 Å². The molecular formula is C18H25ClN2O2. The van der Waals surface area contributed by atoms with Gasteiger partial charge in [0.1, 0.15) is 11.5 Å². The summed E-state index contributed by atoms with van der Waals surface area (Å²) in [6, 6.07) is 9.75. The van der Waals surface area contributed by atoms with Crippen molar-refractivity contribution in [3.05, 3.63) is 58.5 Å². The zero-order chi connectivity index (χ0) is 16.3. The number of furan rings is 1. The fourth-order valence-corrected chi connectivity index (χ4v) is 2.40. The smallest absolute Gasteiger partial charge is 0.254 e. The molecule has 0 saturated heterocycles. The lowest BCUT2D eigenvalue weighted by atomic mass is 9.99. The second-order valence-electron chi connectivity index (χ2n) is 5.96. The molecule has 0 aliphatic heterocycles. The van der Waals surface area contributed by atoms with Crippen LogP contribution in [-0.4, -0.2) is 12.5 Å². The molecule has 1 heterocycles. The summed E-state index contributed by atoms with van der Waals surface area (Å²) in [6.45, 7) is 8.32. The normalized spacial score (nSPS) is 11.9. The van der Waals surface area contributed by atoms with Crippen LogP contribution in [0.25, 0.3) is 0 Å². The fourth-order valence-electron chi connectivity index (χ4n) is 2.40. The number of carbonyl (C=O) groups excluding carboxylic acids is 1. The minimum Gasteiger partial charge on any atom is -0.466 e. The third-order valence-electron chi connectivity index (χ3n) is 3.80. The van der Waals surface area contributed by atoms with Crippen LogP contribution in [0.5, 0.6) is 0 Å². The van der Waals surface area contributed by atoms with E-state index in [0.717, 1.165) is 11.3 Å². The monoisotopic (exact) mass is 336 g/mol. The van der Waals surface area contributed by atoms with Crippen LogP contribution in [0.1, 0.15) is 58.8 Å². The SMILES string of the molecule is Cc1cc(C(=O)NCC(N)c2ccc(C(C)C)cc2)c(C)o1.Cl. The molecule has 1 amide bonds. The summed E-state index contributed by atoms with van der Waals surface area (Å²) in [4.78, 5) is 12.1. The van der Waals surface area contributed by atoms with Crippen molar-refractivity contribution in [1.82, 2.24) is 5.32 Å². The largest absolute Gasteiger partial charge is 0.466 e. The predicted octanol–water partition coefficient (Wildman–Crippen LogP) is 3.87. The zero-order valence-corrected chi connectivity index (χ0v) is 14.9. The van der Waals surface area contributed by atoms with Crippen LogP contribution >= 0.6 is 12.4 Å². The summed E-state index contributed by atoms with van der Waals surface area (Å²) >= 11 is 0. The molecule has 2 rings (SSSR count). The van der Waals surface area contributed by atoms with E-state index >= 15 is 0 Å². The highest BCUT2D eigenvalue weighted by Gasteiger charge is 2.15. The van der Waals surface area contributed by atoms with E-state index in [9.17, 15) is 4.79 Å². The second kappa shape index (κ2) is 8.18. The number of halogens is 1. The first kappa shape index (κ1) is 19.3. The van der Waals surface area contributed by atoms with E-state index in [4.69, 9.17) is 10.2 Å². The molecular weight excluding hydrogens is 312 g/mol. The molecule has 1 atom stereocenters. The molecule has 0 spiro atoms. The van der Waals surface area contributed by atoms with E-state index in [2.05, 4.69) is 31.3 Å². The fraction of sp³-hybridized carbons (Fsp3) is 0.389. The molecule has 0 aliphatic rings. The maximum Gasteiger partial charge on any atom is 0.254 e. The summed E-state index contributed by atoms with van der Waals surface area (Å²) in [5.74, 6) is 1.71. The van der Waals surface area contributed by atoms with Gasteiger partial charge >= 0.3 is 0 Å². The molecule has 2 aromatic rings. The Bertz CT molecular complexity index is 648. The van der Waals surface area contributed by atoms with Gasteiger partial charge in [0.2, 0.25) is 0 Å². The lowest BCUT2D eigenvalue weighted by Gasteiger charge is -2.14. The predicted molar refractivity (Wildman–Crippen MR) is 95.2 cm³/mol. The van der Waals surface area contributed by atoms with E-state index in [-0.39, 0.29) is 24.4 Å². The summed E-state index contributed by atoms with van der Waals surface area (Å²) in [6.07, 6.45) is 0. The van der Waals surface area contributed by atoms with Crippen molar-refractivity contribution in [3.8, 4) is 0 Å². The molecule has 0 fully saturated rings. The molecule has 0 radical (unpaired) electrons. The molecule has 0 saturated carbocycles. The van der Waals surface area contributed by atoms with Crippen LogP contribution in [-0.2, 0) is 0 Å². The number of rotatable bonds is 5. The lowest BCUT2D eigenvalue weighted by Crippen LogP contribution is -2.32. The van der Waals surface area contributed by atoms with Gasteiger partial charge in [0.05, 0.1) is 5.56 Å². The van der Waals surface area contributed by atoms with Crippen molar-refractivity contribution < 1.29 is 9.21 Å². The Kier molecular flexibility index (Phi) is 6.85. The third-order valence-corrected chi connectivity index (χ3v) is 3.80. The number of hydrogen-bond donors (Lipinski definition) is 2. The van der Waals surface area contributed by atoms with Gasteiger partial charge in [0.25, 0.3) is 5.91 Å². The highest BCUT2D eigenvalue weighted by molar-refractivity contribution is 5.95. The Balaban J connectivity index is 0.00000264. The number of carbonyl (C=O) groups is 1. The average molecular weight is 337 g/mol. The van der Waals surface area contributed by atoms with Crippen LogP contribution in [0.4, 0.5) is 0 Å². The molecule has 23 heavy (non-hydrogen) atoms. The standard InChI is InChI=1S/C18H24N2O2.ClH/c1-11(2)14-5-7-15(8-6-14)17(19)10-20-18(21)16-9-12(3)22-13(16)4;/h5-9,11,17H,10,19H2,1-4H3,(H,20,21);1H. The Morgan fingerprint density at radius 3 is 2.22 bits per heavy atom. The highest BCUT2D eigenvalue weighted by atomic mass is 35.5. The Labute approximate surface area is 143 Å². The zero-order valence-electron chi connectivity index (χ0n) is 14.1. The molecule has 0 aliphatic carbocycles. The molecule has 1 unspecified atom stereocenters. The van der Waals surface area contributed by atoms with Gasteiger partial charge in [-0.1, -0.05) is 38.1 Å². The quantitative estimate of drug-likeness (QED) is 0.870. The highest BCUT2D eigenvalue weighted by Crippen LogP contribution is 2.18. The first-order valence-electron chi connectivity index (χ1n) is 7.59. The number of aryl methyl sites for hydroxylation is 2. The van der Waals surface area contributed by atoms with Crippen molar-refractivity contribution in [3.63, 3.8) is 0 Å². The third kappa shape index (κ3) is 4.85. The lowest BCUT2D eigenvalue weighted by molar-refractivity contribution is 0.0949. The Morgan fingerprint density at radius 1 is 1.17 bits per heavy atom. The van der Waals surface area contributed by atoms with Gasteiger partial charge in [-0.3, -0.25) is 4.79 Å². The molecule has 1 aromatic heterocycles. The minimum absolute atomic E-state index is 0. The number of hydrogen-bond acceptors (Lipinski definition) is 3. The van der Waals surface area contributed by atoms with Gasteiger partial charge in [-0.15, -0.1) is 12.4 Å². The first-order valence-corrected chi connectivity index (χ1v) is 7.59. The number of benzene rings is 1. The summed E-state index contributed by atoms with van der Waals surface area (Å²) in [7, 11) is 0. The van der Waals surface area contributed by atoms with Crippen molar-refractivity contribution in [2.75, 3.05) is 6.54 Å².